The number of amides is 2. The molecule has 0 aliphatic carbocycles. The summed E-state index contributed by atoms with van der Waals surface area (Å²) >= 11 is 0. The van der Waals surface area contributed by atoms with Gasteiger partial charge in [-0.1, -0.05) is 24.3 Å². The second-order valence-electron chi connectivity index (χ2n) is 6.64. The van der Waals surface area contributed by atoms with Crippen LogP contribution in [0, 0.1) is 0 Å². The molecule has 0 saturated carbocycles. The van der Waals surface area contributed by atoms with E-state index >= 15 is 0 Å². The summed E-state index contributed by atoms with van der Waals surface area (Å²) in [5, 5.41) is 6.06. The maximum atomic E-state index is 12.8. The molecule has 0 saturated heterocycles. The topological polar surface area (TPSA) is 70.7 Å². The molecule has 3 rings (SSSR count). The second kappa shape index (κ2) is 7.07. The molecule has 2 aromatic rings. The Morgan fingerprint density at radius 3 is 2.62 bits per heavy atom. The van der Waals surface area contributed by atoms with Crippen molar-refractivity contribution < 1.29 is 14.3 Å². The quantitative estimate of drug-likeness (QED) is 0.866. The first kappa shape index (κ1) is 17.8. The van der Waals surface area contributed by atoms with Crippen molar-refractivity contribution in [1.29, 1.82) is 0 Å². The van der Waals surface area contributed by atoms with Gasteiger partial charge in [-0.15, -0.1) is 0 Å². The largest absolute Gasteiger partial charge is 0.492 e. The van der Waals surface area contributed by atoms with E-state index in [1.807, 2.05) is 43.3 Å². The zero-order valence-corrected chi connectivity index (χ0v) is 15.2. The summed E-state index contributed by atoms with van der Waals surface area (Å²) in [6, 6.07) is 14.7. The van der Waals surface area contributed by atoms with Crippen molar-refractivity contribution in [2.45, 2.75) is 26.3 Å². The van der Waals surface area contributed by atoms with Crippen molar-refractivity contribution in [3.8, 4) is 5.75 Å². The van der Waals surface area contributed by atoms with Gasteiger partial charge in [-0.2, -0.15) is 0 Å². The van der Waals surface area contributed by atoms with Gasteiger partial charge >= 0.3 is 0 Å². The fourth-order valence-electron chi connectivity index (χ4n) is 2.99. The van der Waals surface area contributed by atoms with Crippen molar-refractivity contribution >= 4 is 28.9 Å². The van der Waals surface area contributed by atoms with Gasteiger partial charge in [0.25, 0.3) is 5.91 Å². The van der Waals surface area contributed by atoms with E-state index in [1.54, 1.807) is 26.0 Å². The molecule has 2 N–H and O–H groups in total. The Morgan fingerprint density at radius 1 is 1.15 bits per heavy atom. The summed E-state index contributed by atoms with van der Waals surface area (Å²) in [4.78, 5) is 27.0. The third kappa shape index (κ3) is 3.49. The highest BCUT2D eigenvalue weighted by atomic mass is 16.5. The molecule has 0 spiro atoms. The Kier molecular flexibility index (Phi) is 4.84. The Balaban J connectivity index is 1.82. The van der Waals surface area contributed by atoms with Gasteiger partial charge in [-0.3, -0.25) is 14.5 Å². The van der Waals surface area contributed by atoms with Crippen LogP contribution < -0.4 is 20.3 Å². The Morgan fingerprint density at radius 2 is 1.85 bits per heavy atom. The number of benzene rings is 2. The number of carbonyl (C=O) groups is 2. The Labute approximate surface area is 153 Å². The molecule has 0 bridgehead atoms. The minimum absolute atomic E-state index is 0.0680. The molecule has 0 unspecified atom stereocenters. The summed E-state index contributed by atoms with van der Waals surface area (Å²) in [6.07, 6.45) is 0. The number of para-hydroxylation sites is 4. The first-order valence-corrected chi connectivity index (χ1v) is 8.63. The van der Waals surface area contributed by atoms with Crippen LogP contribution >= 0.6 is 0 Å². The number of ether oxygens (including phenoxy) is 1. The number of rotatable bonds is 5. The van der Waals surface area contributed by atoms with E-state index in [0.29, 0.717) is 23.7 Å². The zero-order valence-electron chi connectivity index (χ0n) is 15.2. The van der Waals surface area contributed by atoms with Crippen molar-refractivity contribution in [2.24, 2.45) is 0 Å². The highest BCUT2D eigenvalue weighted by molar-refractivity contribution is 6.11. The second-order valence-corrected chi connectivity index (χ2v) is 6.64. The third-order valence-electron chi connectivity index (χ3n) is 4.18. The number of hydrogen-bond acceptors (Lipinski definition) is 4. The van der Waals surface area contributed by atoms with Gasteiger partial charge in [0, 0.05) is 0 Å². The van der Waals surface area contributed by atoms with Crippen LogP contribution in [0.3, 0.4) is 0 Å². The average molecular weight is 353 g/mol. The van der Waals surface area contributed by atoms with E-state index < -0.39 is 5.54 Å². The summed E-state index contributed by atoms with van der Waals surface area (Å²) in [6.45, 7) is 5.93. The molecule has 1 heterocycles. The maximum Gasteiger partial charge on any atom is 0.252 e. The molecule has 1 aliphatic rings. The minimum atomic E-state index is -0.780. The van der Waals surface area contributed by atoms with E-state index in [0.717, 1.165) is 5.69 Å². The van der Waals surface area contributed by atoms with Gasteiger partial charge < -0.3 is 15.4 Å². The summed E-state index contributed by atoms with van der Waals surface area (Å²) in [5.41, 5.74) is 1.34. The number of carbonyl (C=O) groups excluding carboxylic acids is 2. The van der Waals surface area contributed by atoms with E-state index in [4.69, 9.17) is 4.74 Å². The fraction of sp³-hybridized carbons (Fsp3) is 0.300. The van der Waals surface area contributed by atoms with Crippen molar-refractivity contribution in [3.05, 3.63) is 48.5 Å². The molecule has 6 nitrogen and oxygen atoms in total. The normalized spacial score (nSPS) is 15.0. The fourth-order valence-corrected chi connectivity index (χ4v) is 2.99. The van der Waals surface area contributed by atoms with Crippen LogP contribution in [0.25, 0.3) is 0 Å². The molecule has 2 amide bonds. The molecule has 6 heteroatoms. The number of nitrogens with zero attached hydrogens (tertiary/aromatic N) is 1. The molecule has 26 heavy (non-hydrogen) atoms. The van der Waals surface area contributed by atoms with E-state index in [-0.39, 0.29) is 18.4 Å². The van der Waals surface area contributed by atoms with Crippen molar-refractivity contribution in [2.75, 3.05) is 28.7 Å². The Hall–Kier alpha value is -3.02. The average Bonchev–Trinajstić information content (AvgIpc) is 2.60. The molecule has 0 aromatic heterocycles. The molecule has 1 aliphatic heterocycles. The van der Waals surface area contributed by atoms with Gasteiger partial charge in [0.2, 0.25) is 5.91 Å². The predicted molar refractivity (Wildman–Crippen MR) is 103 cm³/mol. The highest BCUT2D eigenvalue weighted by Gasteiger charge is 2.39. The molecule has 136 valence electrons. The van der Waals surface area contributed by atoms with Crippen LogP contribution in [0.4, 0.5) is 17.1 Å². The molecular formula is C20H23N3O3. The minimum Gasteiger partial charge on any atom is -0.492 e. The number of anilines is 3. The standard InChI is InChI=1S/C20H23N3O3/c1-4-26-17-12-8-6-10-15(17)21-18(24)13-23-16-11-7-5-9-14(16)22-20(2,3)19(23)25/h5-12,22H,4,13H2,1-3H3,(H,21,24). The lowest BCUT2D eigenvalue weighted by molar-refractivity contribution is -0.124. The van der Waals surface area contributed by atoms with Gasteiger partial charge in [-0.25, -0.2) is 0 Å². The first-order valence-electron chi connectivity index (χ1n) is 8.63. The SMILES string of the molecule is CCOc1ccccc1NC(=O)CN1C(=O)C(C)(C)Nc2ccccc21. The molecular weight excluding hydrogens is 330 g/mol. The lowest BCUT2D eigenvalue weighted by atomic mass is 9.98. The number of hydrogen-bond donors (Lipinski definition) is 2. The van der Waals surface area contributed by atoms with Gasteiger partial charge in [-0.05, 0) is 45.0 Å². The van der Waals surface area contributed by atoms with Gasteiger partial charge in [0.15, 0.2) is 0 Å². The van der Waals surface area contributed by atoms with E-state index in [2.05, 4.69) is 10.6 Å². The number of fused-ring (bicyclic) bond motifs is 1. The lowest BCUT2D eigenvalue weighted by Gasteiger charge is -2.39. The molecule has 2 aromatic carbocycles. The van der Waals surface area contributed by atoms with Crippen molar-refractivity contribution in [3.63, 3.8) is 0 Å². The lowest BCUT2D eigenvalue weighted by Crippen LogP contribution is -2.55. The molecule has 0 fully saturated rings. The smallest absolute Gasteiger partial charge is 0.252 e. The maximum absolute atomic E-state index is 12.8. The van der Waals surface area contributed by atoms with Crippen LogP contribution in [0.15, 0.2) is 48.5 Å². The Bertz CT molecular complexity index is 833. The monoisotopic (exact) mass is 353 g/mol. The summed E-state index contributed by atoms with van der Waals surface area (Å²) in [7, 11) is 0. The predicted octanol–water partition coefficient (Wildman–Crippen LogP) is 3.26. The summed E-state index contributed by atoms with van der Waals surface area (Å²) in [5.74, 6) is 0.179. The van der Waals surface area contributed by atoms with E-state index in [9.17, 15) is 9.59 Å². The van der Waals surface area contributed by atoms with Gasteiger partial charge in [0.1, 0.15) is 17.8 Å². The van der Waals surface area contributed by atoms with E-state index in [1.165, 1.54) is 4.90 Å². The van der Waals surface area contributed by atoms with Crippen LogP contribution in [-0.4, -0.2) is 30.5 Å². The van der Waals surface area contributed by atoms with Crippen molar-refractivity contribution in [1.82, 2.24) is 0 Å². The third-order valence-corrected chi connectivity index (χ3v) is 4.18. The first-order chi connectivity index (χ1) is 12.4. The summed E-state index contributed by atoms with van der Waals surface area (Å²) < 4.78 is 5.53. The number of nitrogens with one attached hydrogen (secondary N) is 2. The molecule has 0 atom stereocenters. The van der Waals surface area contributed by atoms with Crippen LogP contribution in [0.1, 0.15) is 20.8 Å². The van der Waals surface area contributed by atoms with Crippen LogP contribution in [0.2, 0.25) is 0 Å². The zero-order chi connectivity index (χ0) is 18.7. The van der Waals surface area contributed by atoms with Crippen LogP contribution in [0.5, 0.6) is 5.75 Å². The van der Waals surface area contributed by atoms with Gasteiger partial charge in [0.05, 0.1) is 23.7 Å². The van der Waals surface area contributed by atoms with Crippen LogP contribution in [-0.2, 0) is 9.59 Å². The molecule has 0 radical (unpaired) electrons. The highest BCUT2D eigenvalue weighted by Crippen LogP contribution is 2.35.